The van der Waals surface area contributed by atoms with Crippen LogP contribution in [0.1, 0.15) is 38.3 Å². The Morgan fingerprint density at radius 1 is 1.30 bits per heavy atom. The predicted octanol–water partition coefficient (Wildman–Crippen LogP) is 1.21. The Kier molecular flexibility index (Phi) is 4.08. The van der Waals surface area contributed by atoms with Gasteiger partial charge in [-0.3, -0.25) is 4.68 Å². The topological polar surface area (TPSA) is 46.0 Å². The van der Waals surface area contributed by atoms with Crippen LogP contribution in [-0.2, 0) is 13.5 Å². The van der Waals surface area contributed by atoms with Gasteiger partial charge in [0.05, 0.1) is 5.69 Å². The summed E-state index contributed by atoms with van der Waals surface area (Å²) < 4.78 is 1.80. The van der Waals surface area contributed by atoms with E-state index in [-0.39, 0.29) is 0 Å². The van der Waals surface area contributed by atoms with Crippen LogP contribution in [0.15, 0.2) is 6.20 Å². The third-order valence-electron chi connectivity index (χ3n) is 5.25. The van der Waals surface area contributed by atoms with E-state index < -0.39 is 0 Å². The van der Waals surface area contributed by atoms with E-state index in [1.807, 2.05) is 13.2 Å². The van der Waals surface area contributed by atoms with Crippen LogP contribution in [-0.4, -0.2) is 51.6 Å². The van der Waals surface area contributed by atoms with Gasteiger partial charge in [-0.05, 0) is 45.2 Å². The summed E-state index contributed by atoms with van der Waals surface area (Å²) in [5, 5.41) is 12.0. The van der Waals surface area contributed by atoms with Crippen molar-refractivity contribution in [1.29, 1.82) is 0 Å². The van der Waals surface area contributed by atoms with Gasteiger partial charge in [0.1, 0.15) is 0 Å². The molecule has 3 unspecified atom stereocenters. The van der Waals surface area contributed by atoms with Gasteiger partial charge < -0.3 is 10.2 Å². The molecule has 0 radical (unpaired) electrons. The standard InChI is InChI=1S/C15H27N5/c1-4-16-15(9-12-10-19(2)18-17-12)11-7-13-5-6-14(8-11)20(13)3/h10-11,13-16H,4-9H2,1-3H3. The van der Waals surface area contributed by atoms with E-state index in [9.17, 15) is 0 Å². The fraction of sp³-hybridized carbons (Fsp3) is 0.867. The molecule has 2 fully saturated rings. The van der Waals surface area contributed by atoms with Crippen molar-refractivity contribution in [2.24, 2.45) is 13.0 Å². The maximum atomic E-state index is 4.26. The zero-order valence-electron chi connectivity index (χ0n) is 12.9. The third-order valence-corrected chi connectivity index (χ3v) is 5.25. The average Bonchev–Trinajstić information content (AvgIpc) is 2.89. The van der Waals surface area contributed by atoms with Gasteiger partial charge in [-0.1, -0.05) is 12.1 Å². The quantitative estimate of drug-likeness (QED) is 0.879. The molecule has 3 heterocycles. The van der Waals surface area contributed by atoms with Crippen molar-refractivity contribution in [3.05, 3.63) is 11.9 Å². The molecule has 1 aromatic rings. The lowest BCUT2D eigenvalue weighted by molar-refractivity contribution is 0.112. The van der Waals surface area contributed by atoms with Gasteiger partial charge in [-0.2, -0.15) is 0 Å². The van der Waals surface area contributed by atoms with Gasteiger partial charge >= 0.3 is 0 Å². The van der Waals surface area contributed by atoms with Crippen molar-refractivity contribution in [2.45, 2.75) is 57.2 Å². The predicted molar refractivity (Wildman–Crippen MR) is 79.5 cm³/mol. The number of hydrogen-bond acceptors (Lipinski definition) is 4. The second-order valence-corrected chi connectivity index (χ2v) is 6.53. The number of likely N-dealkylation sites (N-methyl/N-ethyl adjacent to an activating group) is 1. The second kappa shape index (κ2) is 5.82. The molecule has 5 nitrogen and oxygen atoms in total. The number of piperidine rings is 1. The minimum absolute atomic E-state index is 0.550. The maximum absolute atomic E-state index is 4.26. The van der Waals surface area contributed by atoms with Crippen molar-refractivity contribution in [3.8, 4) is 0 Å². The van der Waals surface area contributed by atoms with E-state index in [2.05, 4.69) is 34.5 Å². The van der Waals surface area contributed by atoms with Crippen LogP contribution in [0.5, 0.6) is 0 Å². The van der Waals surface area contributed by atoms with Gasteiger partial charge in [-0.25, -0.2) is 0 Å². The Morgan fingerprint density at radius 3 is 2.55 bits per heavy atom. The molecule has 0 spiro atoms. The molecule has 20 heavy (non-hydrogen) atoms. The van der Waals surface area contributed by atoms with E-state index in [1.165, 1.54) is 25.7 Å². The molecule has 112 valence electrons. The number of hydrogen-bond donors (Lipinski definition) is 1. The van der Waals surface area contributed by atoms with Crippen LogP contribution < -0.4 is 5.32 Å². The van der Waals surface area contributed by atoms with E-state index in [0.717, 1.165) is 36.7 Å². The summed E-state index contributed by atoms with van der Waals surface area (Å²) in [7, 11) is 4.25. The lowest BCUT2D eigenvalue weighted by Crippen LogP contribution is -2.47. The highest BCUT2D eigenvalue weighted by atomic mass is 15.4. The highest BCUT2D eigenvalue weighted by Crippen LogP contribution is 2.39. The summed E-state index contributed by atoms with van der Waals surface area (Å²) in [6.07, 6.45) is 8.52. The first-order valence-corrected chi connectivity index (χ1v) is 7.98. The van der Waals surface area contributed by atoms with Gasteiger partial charge in [0.2, 0.25) is 0 Å². The number of nitrogens with zero attached hydrogens (tertiary/aromatic N) is 4. The number of nitrogens with one attached hydrogen (secondary N) is 1. The van der Waals surface area contributed by atoms with Gasteiger partial charge in [-0.15, -0.1) is 5.10 Å². The van der Waals surface area contributed by atoms with Gasteiger partial charge in [0.15, 0.2) is 0 Å². The van der Waals surface area contributed by atoms with Crippen LogP contribution >= 0.6 is 0 Å². The summed E-state index contributed by atoms with van der Waals surface area (Å²) in [6, 6.07) is 2.16. The van der Waals surface area contributed by atoms with E-state index >= 15 is 0 Å². The zero-order valence-corrected chi connectivity index (χ0v) is 12.9. The molecule has 3 rings (SSSR count). The minimum atomic E-state index is 0.550. The molecule has 2 bridgehead atoms. The highest BCUT2D eigenvalue weighted by molar-refractivity contribution is 5.02. The Labute approximate surface area is 121 Å². The Bertz CT molecular complexity index is 429. The van der Waals surface area contributed by atoms with Crippen molar-refractivity contribution < 1.29 is 0 Å². The molecule has 1 aromatic heterocycles. The fourth-order valence-electron chi connectivity index (χ4n) is 4.16. The first kappa shape index (κ1) is 14.0. The van der Waals surface area contributed by atoms with Crippen molar-refractivity contribution in [3.63, 3.8) is 0 Å². The summed E-state index contributed by atoms with van der Waals surface area (Å²) in [4.78, 5) is 2.61. The average molecular weight is 277 g/mol. The molecule has 0 saturated carbocycles. The molecule has 0 aromatic carbocycles. The van der Waals surface area contributed by atoms with Crippen LogP contribution in [0.3, 0.4) is 0 Å². The van der Waals surface area contributed by atoms with Crippen LogP contribution in [0.25, 0.3) is 0 Å². The van der Waals surface area contributed by atoms with E-state index in [0.29, 0.717) is 6.04 Å². The van der Waals surface area contributed by atoms with Gasteiger partial charge in [0.25, 0.3) is 0 Å². The third kappa shape index (κ3) is 2.74. The number of fused-ring (bicyclic) bond motifs is 2. The number of aromatic nitrogens is 3. The molecule has 0 amide bonds. The summed E-state index contributed by atoms with van der Waals surface area (Å²) in [5.74, 6) is 0.783. The fourth-order valence-corrected chi connectivity index (χ4v) is 4.16. The molecule has 1 N–H and O–H groups in total. The summed E-state index contributed by atoms with van der Waals surface area (Å²) >= 11 is 0. The molecule has 0 aliphatic carbocycles. The van der Waals surface area contributed by atoms with E-state index in [4.69, 9.17) is 0 Å². The number of aryl methyl sites for hydroxylation is 1. The van der Waals surface area contributed by atoms with Gasteiger partial charge in [0, 0.05) is 37.8 Å². The summed E-state index contributed by atoms with van der Waals surface area (Å²) in [5.41, 5.74) is 1.12. The highest BCUT2D eigenvalue weighted by Gasteiger charge is 2.40. The van der Waals surface area contributed by atoms with Crippen molar-refractivity contribution >= 4 is 0 Å². The van der Waals surface area contributed by atoms with Crippen LogP contribution in [0.4, 0.5) is 0 Å². The Morgan fingerprint density at radius 2 is 2.00 bits per heavy atom. The molecule has 2 saturated heterocycles. The lowest BCUT2D eigenvalue weighted by atomic mass is 9.83. The molecule has 2 aliphatic heterocycles. The number of rotatable bonds is 5. The Hall–Kier alpha value is -0.940. The SMILES string of the molecule is CCNC(Cc1cn(C)nn1)C1CC2CCC(C1)N2C. The molecular weight excluding hydrogens is 250 g/mol. The summed E-state index contributed by atoms with van der Waals surface area (Å²) in [6.45, 7) is 3.24. The first-order valence-electron chi connectivity index (χ1n) is 7.98. The molecular formula is C15H27N5. The van der Waals surface area contributed by atoms with Crippen molar-refractivity contribution in [2.75, 3.05) is 13.6 Å². The first-order chi connectivity index (χ1) is 9.67. The Balaban J connectivity index is 1.67. The second-order valence-electron chi connectivity index (χ2n) is 6.53. The minimum Gasteiger partial charge on any atom is -0.314 e. The molecule has 3 atom stereocenters. The van der Waals surface area contributed by atoms with Crippen LogP contribution in [0, 0.1) is 5.92 Å². The smallest absolute Gasteiger partial charge is 0.0842 e. The zero-order chi connectivity index (χ0) is 14.1. The normalized spacial score (nSPS) is 31.6. The monoisotopic (exact) mass is 277 g/mol. The molecule has 5 heteroatoms. The van der Waals surface area contributed by atoms with E-state index in [1.54, 1.807) is 4.68 Å². The maximum Gasteiger partial charge on any atom is 0.0842 e. The van der Waals surface area contributed by atoms with Crippen molar-refractivity contribution in [1.82, 2.24) is 25.2 Å². The molecule has 2 aliphatic rings. The van der Waals surface area contributed by atoms with Crippen LogP contribution in [0.2, 0.25) is 0 Å². The lowest BCUT2D eigenvalue weighted by Gasteiger charge is -2.40. The largest absolute Gasteiger partial charge is 0.314 e.